The van der Waals surface area contributed by atoms with Crippen LogP contribution in [0.1, 0.15) is 41.0 Å². The molecular weight excluding hydrogens is 338 g/mol. The standard InChI is InChI=1S/C17H29N5O2S/c1-16(2,3)13(23)11-17(4,5)15(25)18-14-12-22(19-24-14)21-9-7-20(6)8-10-21/h12H,7-11H2,1-6H3/p+1. The maximum Gasteiger partial charge on any atom is 0.304 e. The molecule has 1 aromatic heterocycles. The van der Waals surface area contributed by atoms with Gasteiger partial charge in [-0.2, -0.15) is 5.01 Å². The predicted molar refractivity (Wildman–Crippen MR) is 101 cm³/mol. The van der Waals surface area contributed by atoms with Crippen LogP contribution in [0.4, 0.5) is 5.88 Å². The Morgan fingerprint density at radius 2 is 1.88 bits per heavy atom. The largest absolute Gasteiger partial charge is 0.312 e. The van der Waals surface area contributed by atoms with Gasteiger partial charge in [-0.05, 0) is 7.05 Å². The van der Waals surface area contributed by atoms with Crippen molar-refractivity contribution in [3.8, 4) is 0 Å². The number of aromatic nitrogens is 2. The summed E-state index contributed by atoms with van der Waals surface area (Å²) >= 11 is 5.51. The van der Waals surface area contributed by atoms with Crippen LogP contribution in [0.5, 0.6) is 0 Å². The van der Waals surface area contributed by atoms with Crippen LogP contribution in [0, 0.1) is 10.8 Å². The molecule has 2 rings (SSSR count). The summed E-state index contributed by atoms with van der Waals surface area (Å²) in [5, 5.41) is 9.28. The number of piperazine rings is 1. The van der Waals surface area contributed by atoms with Crippen LogP contribution in [0.2, 0.25) is 0 Å². The Balaban J connectivity index is 1.97. The Morgan fingerprint density at radius 3 is 2.44 bits per heavy atom. The smallest absolute Gasteiger partial charge is 0.304 e. The molecule has 0 aliphatic carbocycles. The second kappa shape index (κ2) is 7.37. The molecule has 1 saturated heterocycles. The monoisotopic (exact) mass is 368 g/mol. The molecule has 0 unspecified atom stereocenters. The van der Waals surface area contributed by atoms with E-state index in [2.05, 4.69) is 27.5 Å². The van der Waals surface area contributed by atoms with Gasteiger partial charge in [0.1, 0.15) is 5.78 Å². The fourth-order valence-corrected chi connectivity index (χ4v) is 2.63. The number of ketones is 1. The molecule has 0 saturated carbocycles. The number of likely N-dealkylation sites (N-methyl/N-ethyl adjacent to an activating group) is 1. The highest BCUT2D eigenvalue weighted by Crippen LogP contribution is 2.29. The molecule has 8 heteroatoms. The van der Waals surface area contributed by atoms with E-state index in [1.807, 2.05) is 34.6 Å². The Bertz CT molecular complexity index is 627. The number of hydrogen-bond acceptors (Lipinski definition) is 6. The molecule has 0 atom stereocenters. The summed E-state index contributed by atoms with van der Waals surface area (Å²) in [7, 11) is 2.11. The predicted octanol–water partition coefficient (Wildman–Crippen LogP) is 1.62. The van der Waals surface area contributed by atoms with Gasteiger partial charge in [-0.1, -0.05) is 46.8 Å². The SMILES string of the molecule is CN1CCN([n+]2cc(NC(=S)C(C)(C)CC(=O)C(C)(C)C)on2)CC1. The van der Waals surface area contributed by atoms with Gasteiger partial charge in [0.15, 0.2) is 0 Å². The quantitative estimate of drug-likeness (QED) is 0.626. The van der Waals surface area contributed by atoms with Gasteiger partial charge in [0.25, 0.3) is 6.20 Å². The molecule has 0 aromatic carbocycles. The Kier molecular flexibility index (Phi) is 5.83. The number of thiocarbonyl (C=S) groups is 1. The van der Waals surface area contributed by atoms with E-state index >= 15 is 0 Å². The molecule has 2 heterocycles. The van der Waals surface area contributed by atoms with Crippen molar-refractivity contribution in [3.63, 3.8) is 0 Å². The minimum atomic E-state index is -0.453. The van der Waals surface area contributed by atoms with Crippen LogP contribution in [0.15, 0.2) is 10.7 Å². The minimum Gasteiger partial charge on any atom is -0.312 e. The third-order valence-electron chi connectivity index (χ3n) is 4.52. The number of rotatable bonds is 5. The van der Waals surface area contributed by atoms with Gasteiger partial charge in [-0.25, -0.2) is 0 Å². The Morgan fingerprint density at radius 1 is 1.28 bits per heavy atom. The first-order valence-corrected chi connectivity index (χ1v) is 9.07. The van der Waals surface area contributed by atoms with Crippen LogP contribution in [0.3, 0.4) is 0 Å². The van der Waals surface area contributed by atoms with Crippen LogP contribution in [-0.4, -0.2) is 54.2 Å². The molecule has 25 heavy (non-hydrogen) atoms. The summed E-state index contributed by atoms with van der Waals surface area (Å²) in [6, 6.07) is 0. The van der Waals surface area contributed by atoms with Crippen LogP contribution >= 0.6 is 12.2 Å². The van der Waals surface area contributed by atoms with Crippen LogP contribution in [0.25, 0.3) is 0 Å². The fraction of sp³-hybridized carbons (Fsp3) is 0.765. The normalized spacial score (nSPS) is 16.8. The number of nitrogens with zero attached hydrogens (tertiary/aromatic N) is 4. The number of hydrogen-bond donors (Lipinski definition) is 1. The first-order chi connectivity index (χ1) is 11.5. The molecule has 1 aliphatic heterocycles. The molecule has 7 nitrogen and oxygen atoms in total. The Labute approximate surface area is 155 Å². The lowest BCUT2D eigenvalue weighted by Crippen LogP contribution is -2.64. The van der Waals surface area contributed by atoms with Gasteiger partial charge in [-0.15, -0.1) is 0 Å². The van der Waals surface area contributed by atoms with Crippen molar-refractivity contribution in [1.29, 1.82) is 0 Å². The number of nitrogens with one attached hydrogen (secondary N) is 1. The molecule has 140 valence electrons. The zero-order chi connectivity index (χ0) is 18.8. The van der Waals surface area contributed by atoms with Gasteiger partial charge in [-0.3, -0.25) is 9.32 Å². The lowest BCUT2D eigenvalue weighted by Gasteiger charge is -2.28. The first-order valence-electron chi connectivity index (χ1n) is 8.66. The Hall–Kier alpha value is -1.54. The topological polar surface area (TPSA) is 65.5 Å². The molecular formula is C17H30N5O2S+. The minimum absolute atomic E-state index is 0.187. The highest BCUT2D eigenvalue weighted by atomic mass is 32.1. The molecule has 0 radical (unpaired) electrons. The fourth-order valence-electron chi connectivity index (χ4n) is 2.45. The summed E-state index contributed by atoms with van der Waals surface area (Å²) in [5.41, 5.74) is -0.825. The van der Waals surface area contributed by atoms with Gasteiger partial charge < -0.3 is 10.2 Å². The highest BCUT2D eigenvalue weighted by molar-refractivity contribution is 7.80. The molecule has 1 fully saturated rings. The molecule has 0 spiro atoms. The summed E-state index contributed by atoms with van der Waals surface area (Å²) in [5.74, 6) is 0.673. The van der Waals surface area contributed by atoms with E-state index in [1.165, 1.54) is 0 Å². The summed E-state index contributed by atoms with van der Waals surface area (Å²) in [6.07, 6.45) is 2.17. The zero-order valence-corrected chi connectivity index (χ0v) is 16.9. The molecule has 1 aromatic rings. The number of anilines is 1. The average molecular weight is 369 g/mol. The molecule has 1 aliphatic rings. The highest BCUT2D eigenvalue weighted by Gasteiger charge is 2.33. The maximum absolute atomic E-state index is 12.3. The number of carbonyl (C=O) groups excluding carboxylic acids is 1. The molecule has 1 N–H and O–H groups in total. The molecule has 0 bridgehead atoms. The maximum atomic E-state index is 12.3. The third-order valence-corrected chi connectivity index (χ3v) is 5.17. The van der Waals surface area contributed by atoms with Crippen molar-refractivity contribution in [2.75, 3.05) is 43.6 Å². The van der Waals surface area contributed by atoms with E-state index in [0.717, 1.165) is 26.2 Å². The van der Waals surface area contributed by atoms with Gasteiger partial charge in [0, 0.05) is 30.3 Å². The van der Waals surface area contributed by atoms with Crippen molar-refractivity contribution < 1.29 is 14.1 Å². The van der Waals surface area contributed by atoms with E-state index in [0.29, 0.717) is 17.3 Å². The molecule has 0 amide bonds. The van der Waals surface area contributed by atoms with Crippen molar-refractivity contribution in [3.05, 3.63) is 6.20 Å². The first kappa shape index (κ1) is 19.8. The van der Waals surface area contributed by atoms with Crippen LogP contribution < -0.4 is 15.1 Å². The second-order valence-corrected chi connectivity index (χ2v) is 8.84. The van der Waals surface area contributed by atoms with E-state index in [4.69, 9.17) is 16.7 Å². The third kappa shape index (κ3) is 5.22. The van der Waals surface area contributed by atoms with Gasteiger partial charge >= 0.3 is 5.88 Å². The van der Waals surface area contributed by atoms with Gasteiger partial charge in [0.2, 0.25) is 5.27 Å². The summed E-state index contributed by atoms with van der Waals surface area (Å²) in [4.78, 5) is 16.9. The van der Waals surface area contributed by atoms with Crippen molar-refractivity contribution in [1.82, 2.24) is 10.2 Å². The van der Waals surface area contributed by atoms with Gasteiger partial charge in [0.05, 0.1) is 22.9 Å². The second-order valence-electron chi connectivity index (χ2n) is 8.43. The zero-order valence-electron chi connectivity index (χ0n) is 16.1. The average Bonchev–Trinajstić information content (AvgIpc) is 2.95. The lowest BCUT2D eigenvalue weighted by molar-refractivity contribution is -0.759. The van der Waals surface area contributed by atoms with E-state index in [1.54, 1.807) is 11.0 Å². The van der Waals surface area contributed by atoms with E-state index in [-0.39, 0.29) is 11.2 Å². The number of carbonyl (C=O) groups is 1. The van der Waals surface area contributed by atoms with Crippen molar-refractivity contribution >= 4 is 28.9 Å². The number of Topliss-reactive ketones (excluding diaryl/α,β-unsaturated/α-hetero) is 1. The summed E-state index contributed by atoms with van der Waals surface area (Å²) < 4.78 is 5.36. The van der Waals surface area contributed by atoms with E-state index in [9.17, 15) is 4.79 Å². The van der Waals surface area contributed by atoms with Crippen molar-refractivity contribution in [2.24, 2.45) is 10.8 Å². The van der Waals surface area contributed by atoms with Crippen molar-refractivity contribution in [2.45, 2.75) is 41.0 Å². The lowest BCUT2D eigenvalue weighted by atomic mass is 9.79. The van der Waals surface area contributed by atoms with Crippen LogP contribution in [-0.2, 0) is 4.79 Å². The van der Waals surface area contributed by atoms with E-state index < -0.39 is 5.41 Å². The summed E-state index contributed by atoms with van der Waals surface area (Å²) in [6.45, 7) is 13.5.